The van der Waals surface area contributed by atoms with Crippen LogP contribution in [0.25, 0.3) is 10.9 Å². The minimum absolute atomic E-state index is 0.0723. The first-order valence-electron chi connectivity index (χ1n) is 9.62. The average Bonchev–Trinajstić information content (AvgIpc) is 2.94. The largest absolute Gasteiger partial charge is 0.494 e. The van der Waals surface area contributed by atoms with E-state index in [1.54, 1.807) is 4.57 Å². The molecule has 0 bridgehead atoms. The lowest BCUT2D eigenvalue weighted by molar-refractivity contribution is 0.298. The second-order valence-electron chi connectivity index (χ2n) is 8.31. The van der Waals surface area contributed by atoms with Crippen molar-refractivity contribution in [1.29, 1.82) is 0 Å². The molecule has 0 amide bonds. The second-order valence-corrected chi connectivity index (χ2v) is 8.31. The number of nitrogens with zero attached hydrogens (tertiary/aromatic N) is 2. The minimum Gasteiger partial charge on any atom is -0.494 e. The van der Waals surface area contributed by atoms with Crippen molar-refractivity contribution in [2.24, 2.45) is 5.18 Å². The van der Waals surface area contributed by atoms with Gasteiger partial charge in [0.25, 0.3) is 0 Å². The molecule has 0 radical (unpaired) electrons. The zero-order valence-corrected chi connectivity index (χ0v) is 17.2. The van der Waals surface area contributed by atoms with Crippen molar-refractivity contribution in [1.82, 2.24) is 4.57 Å². The Morgan fingerprint density at radius 2 is 1.68 bits per heavy atom. The van der Waals surface area contributed by atoms with Crippen LogP contribution in [0, 0.1) is 18.8 Å². The minimum atomic E-state index is -0.0723. The Kier molecular flexibility index (Phi) is 5.45. The lowest BCUT2D eigenvalue weighted by Gasteiger charge is -2.19. The zero-order chi connectivity index (χ0) is 20.5. The number of hydrogen-bond acceptors (Lipinski definition) is 4. The van der Waals surface area contributed by atoms with Crippen LogP contribution in [-0.4, -0.2) is 16.3 Å². The van der Waals surface area contributed by atoms with Crippen molar-refractivity contribution in [2.45, 2.75) is 53.0 Å². The molecule has 0 aliphatic rings. The van der Waals surface area contributed by atoms with Crippen LogP contribution >= 0.6 is 0 Å². The summed E-state index contributed by atoms with van der Waals surface area (Å²) in [6.07, 6.45) is 0.698. The molecule has 0 unspecified atom stereocenters. The Morgan fingerprint density at radius 1 is 1.04 bits per heavy atom. The van der Waals surface area contributed by atoms with E-state index in [0.29, 0.717) is 19.6 Å². The predicted octanol–water partition coefficient (Wildman–Crippen LogP) is 6.13. The smallest absolute Gasteiger partial charge is 0.222 e. The molecule has 0 atom stereocenters. The number of ether oxygens (including phenoxy) is 1. The van der Waals surface area contributed by atoms with Crippen molar-refractivity contribution in [2.75, 3.05) is 6.61 Å². The summed E-state index contributed by atoms with van der Waals surface area (Å²) in [6.45, 7) is 11.5. The molecule has 2 aromatic carbocycles. The standard InChI is InChI=1S/C23H28N2O3/c1-15-7-8-16(2)21-19(15)20(24-27)22(26)25(21)13-6-14-28-18-11-9-17(10-12-18)23(3,4)5/h7-12,26H,6,13-14H2,1-5H3. The highest BCUT2D eigenvalue weighted by atomic mass is 16.5. The summed E-state index contributed by atoms with van der Waals surface area (Å²) < 4.78 is 7.62. The van der Waals surface area contributed by atoms with E-state index in [0.717, 1.165) is 27.8 Å². The van der Waals surface area contributed by atoms with Crippen molar-refractivity contribution in [3.8, 4) is 11.6 Å². The number of nitroso groups, excluding NO2 is 1. The maximum Gasteiger partial charge on any atom is 0.222 e. The van der Waals surface area contributed by atoms with Crippen LogP contribution in [0.2, 0.25) is 0 Å². The Morgan fingerprint density at radius 3 is 2.29 bits per heavy atom. The molecule has 5 heteroatoms. The summed E-state index contributed by atoms with van der Waals surface area (Å²) in [5, 5.41) is 14.3. The van der Waals surface area contributed by atoms with E-state index in [1.807, 2.05) is 38.1 Å². The van der Waals surface area contributed by atoms with Crippen molar-refractivity contribution >= 4 is 16.6 Å². The van der Waals surface area contributed by atoms with Crippen LogP contribution in [0.5, 0.6) is 11.6 Å². The van der Waals surface area contributed by atoms with Gasteiger partial charge in [-0.1, -0.05) is 45.0 Å². The molecule has 3 rings (SSSR count). The molecular formula is C23H28N2O3. The van der Waals surface area contributed by atoms with E-state index in [2.05, 4.69) is 38.1 Å². The molecule has 28 heavy (non-hydrogen) atoms. The molecule has 1 N–H and O–H groups in total. The summed E-state index contributed by atoms with van der Waals surface area (Å²) in [7, 11) is 0. The fourth-order valence-electron chi connectivity index (χ4n) is 3.56. The van der Waals surface area contributed by atoms with E-state index in [1.165, 1.54) is 5.56 Å². The van der Waals surface area contributed by atoms with Crippen molar-refractivity contribution < 1.29 is 9.84 Å². The van der Waals surface area contributed by atoms with Gasteiger partial charge < -0.3 is 14.4 Å². The van der Waals surface area contributed by atoms with Crippen LogP contribution in [-0.2, 0) is 12.0 Å². The van der Waals surface area contributed by atoms with Crippen molar-refractivity contribution in [3.63, 3.8) is 0 Å². The Labute approximate surface area is 165 Å². The van der Waals surface area contributed by atoms with Gasteiger partial charge in [-0.2, -0.15) is 0 Å². The van der Waals surface area contributed by atoms with Gasteiger partial charge in [0.15, 0.2) is 5.69 Å². The van der Waals surface area contributed by atoms with Crippen LogP contribution in [0.4, 0.5) is 5.69 Å². The van der Waals surface area contributed by atoms with E-state index in [-0.39, 0.29) is 17.0 Å². The van der Waals surface area contributed by atoms with Gasteiger partial charge in [-0.05, 0) is 59.7 Å². The highest BCUT2D eigenvalue weighted by Crippen LogP contribution is 2.41. The normalized spacial score (nSPS) is 11.8. The quantitative estimate of drug-likeness (QED) is 0.413. The Bertz CT molecular complexity index is 996. The molecule has 0 aliphatic heterocycles. The van der Waals surface area contributed by atoms with Gasteiger partial charge in [0.2, 0.25) is 5.88 Å². The molecule has 5 nitrogen and oxygen atoms in total. The fourth-order valence-corrected chi connectivity index (χ4v) is 3.56. The number of rotatable bonds is 6. The van der Waals surface area contributed by atoms with Gasteiger partial charge in [0, 0.05) is 11.9 Å². The van der Waals surface area contributed by atoms with Gasteiger partial charge in [-0.15, -0.1) is 4.91 Å². The molecule has 0 saturated carbocycles. The second kappa shape index (κ2) is 7.66. The zero-order valence-electron chi connectivity index (χ0n) is 17.2. The number of benzene rings is 2. The summed E-state index contributed by atoms with van der Waals surface area (Å²) in [6, 6.07) is 12.1. The first-order valence-corrected chi connectivity index (χ1v) is 9.62. The summed E-state index contributed by atoms with van der Waals surface area (Å²) in [5.41, 5.74) is 4.30. The molecule has 0 saturated heterocycles. The molecule has 148 valence electrons. The van der Waals surface area contributed by atoms with Crippen LogP contribution < -0.4 is 4.74 Å². The molecule has 0 fully saturated rings. The Balaban J connectivity index is 1.72. The van der Waals surface area contributed by atoms with Gasteiger partial charge in [0.1, 0.15) is 5.75 Å². The van der Waals surface area contributed by atoms with Gasteiger partial charge in [-0.3, -0.25) is 0 Å². The third-order valence-electron chi connectivity index (χ3n) is 5.17. The van der Waals surface area contributed by atoms with Crippen LogP contribution in [0.3, 0.4) is 0 Å². The maximum atomic E-state index is 11.3. The molecule has 3 aromatic rings. The van der Waals surface area contributed by atoms with Gasteiger partial charge in [0.05, 0.1) is 12.1 Å². The molecule has 0 spiro atoms. The van der Waals surface area contributed by atoms with E-state index in [9.17, 15) is 10.0 Å². The first kappa shape index (κ1) is 19.9. The topological polar surface area (TPSA) is 63.8 Å². The SMILES string of the molecule is Cc1ccc(C)c2c1c(N=O)c(O)n2CCCOc1ccc(C(C)(C)C)cc1. The van der Waals surface area contributed by atoms with E-state index < -0.39 is 0 Å². The number of fused-ring (bicyclic) bond motifs is 1. The first-order chi connectivity index (χ1) is 13.2. The highest BCUT2D eigenvalue weighted by Gasteiger charge is 2.20. The molecule has 1 aromatic heterocycles. The van der Waals surface area contributed by atoms with E-state index >= 15 is 0 Å². The fraction of sp³-hybridized carbons (Fsp3) is 0.391. The van der Waals surface area contributed by atoms with Gasteiger partial charge >= 0.3 is 0 Å². The van der Waals surface area contributed by atoms with Crippen LogP contribution in [0.15, 0.2) is 41.6 Å². The summed E-state index contributed by atoms with van der Waals surface area (Å²) >= 11 is 0. The molecular weight excluding hydrogens is 352 g/mol. The van der Waals surface area contributed by atoms with Gasteiger partial charge in [-0.25, -0.2) is 0 Å². The monoisotopic (exact) mass is 380 g/mol. The van der Waals surface area contributed by atoms with Crippen LogP contribution in [0.1, 0.15) is 43.9 Å². The lowest BCUT2D eigenvalue weighted by atomic mass is 9.87. The Hall–Kier alpha value is -2.82. The molecule has 0 aliphatic carbocycles. The third-order valence-corrected chi connectivity index (χ3v) is 5.17. The average molecular weight is 380 g/mol. The number of aryl methyl sites for hydroxylation is 3. The number of aromatic hydroxyl groups is 1. The van der Waals surface area contributed by atoms with Crippen molar-refractivity contribution in [3.05, 3.63) is 58.0 Å². The lowest BCUT2D eigenvalue weighted by Crippen LogP contribution is -2.10. The highest BCUT2D eigenvalue weighted by molar-refractivity contribution is 5.99. The summed E-state index contributed by atoms with van der Waals surface area (Å²) in [5.74, 6) is 0.758. The summed E-state index contributed by atoms with van der Waals surface area (Å²) in [4.78, 5) is 11.3. The third kappa shape index (κ3) is 3.75. The molecule has 1 heterocycles. The number of hydrogen-bond donors (Lipinski definition) is 1. The predicted molar refractivity (Wildman–Crippen MR) is 114 cm³/mol. The van der Waals surface area contributed by atoms with E-state index in [4.69, 9.17) is 4.74 Å². The maximum absolute atomic E-state index is 11.3. The number of aromatic nitrogens is 1.